The van der Waals surface area contributed by atoms with Crippen molar-refractivity contribution in [1.29, 1.82) is 0 Å². The fourth-order valence-electron chi connectivity index (χ4n) is 4.55. The molecular weight excluding hydrogens is 426 g/mol. The van der Waals surface area contributed by atoms with Gasteiger partial charge in [0.05, 0.1) is 25.6 Å². The number of rotatable bonds is 3. The summed E-state index contributed by atoms with van der Waals surface area (Å²) in [5.74, 6) is 1.51. The highest BCUT2D eigenvalue weighted by molar-refractivity contribution is 5.85. The Kier molecular flexibility index (Phi) is 6.56. The van der Waals surface area contributed by atoms with Crippen molar-refractivity contribution in [3.05, 3.63) is 68.6 Å². The Morgan fingerprint density at radius 2 is 1.56 bits per heavy atom. The highest BCUT2D eigenvalue weighted by Gasteiger charge is 2.26. The average molecular weight is 456 g/mol. The number of halogens is 1. The monoisotopic (exact) mass is 455 g/mol. The Labute approximate surface area is 194 Å². The largest absolute Gasteiger partial charge is 0.493 e. The standard InChI is InChI=1S/C25H29N3O3.ClH/c1-14-8-15(2)24(16(3)9-14)26-23-12-20-19-11-22(31-7)21(30-6)10-18(19)17(4)13-28(20)25(29)27(23)5;/h8-12,17H,13H2,1-7H3;1H/t17-;/m1./s1. The van der Waals surface area contributed by atoms with Gasteiger partial charge in [-0.25, -0.2) is 9.79 Å². The second-order valence-electron chi connectivity index (χ2n) is 8.39. The SMILES string of the molecule is COc1cc2c(cc1OC)[C@H](C)Cn1c-2cc(=Nc2c(C)cc(C)cc2C)n(C)c1=O.Cl. The van der Waals surface area contributed by atoms with E-state index < -0.39 is 0 Å². The average Bonchev–Trinajstić information content (AvgIpc) is 2.73. The molecular formula is C25H30ClN3O3. The zero-order valence-electron chi connectivity index (χ0n) is 19.6. The van der Waals surface area contributed by atoms with E-state index in [1.807, 2.05) is 22.8 Å². The third-order valence-electron chi connectivity index (χ3n) is 6.10. The minimum absolute atomic E-state index is 0. The number of methoxy groups -OCH3 is 2. The predicted octanol–water partition coefficient (Wildman–Crippen LogP) is 4.57. The summed E-state index contributed by atoms with van der Waals surface area (Å²) in [6, 6.07) is 10.2. The van der Waals surface area contributed by atoms with E-state index in [4.69, 9.17) is 14.5 Å². The molecule has 0 unspecified atom stereocenters. The molecule has 0 spiro atoms. The van der Waals surface area contributed by atoms with Crippen molar-refractivity contribution in [3.8, 4) is 22.8 Å². The van der Waals surface area contributed by atoms with Gasteiger partial charge in [-0.1, -0.05) is 24.6 Å². The van der Waals surface area contributed by atoms with Crippen molar-refractivity contribution >= 4 is 18.1 Å². The molecule has 170 valence electrons. The Hall–Kier alpha value is -2.99. The van der Waals surface area contributed by atoms with E-state index in [2.05, 4.69) is 39.8 Å². The van der Waals surface area contributed by atoms with Crippen LogP contribution in [0.5, 0.6) is 11.5 Å². The van der Waals surface area contributed by atoms with Crippen LogP contribution in [0.15, 0.2) is 40.1 Å². The van der Waals surface area contributed by atoms with Gasteiger partial charge in [-0.3, -0.25) is 9.13 Å². The van der Waals surface area contributed by atoms with Crippen LogP contribution in [0, 0.1) is 20.8 Å². The molecule has 1 atom stereocenters. The number of benzene rings is 2. The van der Waals surface area contributed by atoms with Crippen molar-refractivity contribution in [1.82, 2.24) is 9.13 Å². The number of fused-ring (bicyclic) bond motifs is 3. The van der Waals surface area contributed by atoms with Gasteiger partial charge in [0, 0.05) is 31.1 Å². The van der Waals surface area contributed by atoms with Crippen molar-refractivity contribution in [2.45, 2.75) is 40.2 Å². The predicted molar refractivity (Wildman–Crippen MR) is 130 cm³/mol. The van der Waals surface area contributed by atoms with E-state index in [1.54, 1.807) is 25.8 Å². The number of ether oxygens (including phenoxy) is 2. The first-order valence-electron chi connectivity index (χ1n) is 10.4. The molecule has 1 aliphatic rings. The number of aromatic nitrogens is 2. The molecule has 1 aliphatic heterocycles. The molecule has 2 heterocycles. The number of nitrogens with zero attached hydrogens (tertiary/aromatic N) is 3. The summed E-state index contributed by atoms with van der Waals surface area (Å²) in [5.41, 5.74) is 7.80. The first kappa shape index (κ1) is 23.7. The van der Waals surface area contributed by atoms with Crippen LogP contribution in [0.1, 0.15) is 35.1 Å². The molecule has 4 rings (SSSR count). The molecule has 7 heteroatoms. The molecule has 0 bridgehead atoms. The summed E-state index contributed by atoms with van der Waals surface area (Å²) in [6.45, 7) is 8.91. The fourth-order valence-corrected chi connectivity index (χ4v) is 4.55. The zero-order chi connectivity index (χ0) is 22.4. The van der Waals surface area contributed by atoms with Crippen LogP contribution in [0.4, 0.5) is 5.69 Å². The molecule has 0 saturated heterocycles. The fraction of sp³-hybridized carbons (Fsp3) is 0.360. The Morgan fingerprint density at radius 1 is 0.969 bits per heavy atom. The first-order chi connectivity index (χ1) is 14.7. The lowest BCUT2D eigenvalue weighted by atomic mass is 9.89. The van der Waals surface area contributed by atoms with Gasteiger partial charge in [-0.05, 0) is 49.6 Å². The minimum atomic E-state index is -0.0778. The molecule has 6 nitrogen and oxygen atoms in total. The second kappa shape index (κ2) is 8.87. The third-order valence-corrected chi connectivity index (χ3v) is 6.10. The summed E-state index contributed by atoms with van der Waals surface area (Å²) < 4.78 is 14.5. The highest BCUT2D eigenvalue weighted by Crippen LogP contribution is 2.41. The van der Waals surface area contributed by atoms with E-state index in [0.717, 1.165) is 33.6 Å². The van der Waals surface area contributed by atoms with Crippen LogP contribution < -0.4 is 20.7 Å². The second-order valence-corrected chi connectivity index (χ2v) is 8.39. The molecule has 1 aromatic heterocycles. The lowest BCUT2D eigenvalue weighted by molar-refractivity contribution is 0.354. The number of aryl methyl sites for hydroxylation is 3. The normalized spacial score (nSPS) is 15.0. The molecule has 0 amide bonds. The molecule has 32 heavy (non-hydrogen) atoms. The maximum atomic E-state index is 13.3. The summed E-state index contributed by atoms with van der Waals surface area (Å²) in [5, 5.41) is 0. The van der Waals surface area contributed by atoms with Gasteiger partial charge >= 0.3 is 5.69 Å². The molecule has 0 radical (unpaired) electrons. The van der Waals surface area contributed by atoms with Crippen LogP contribution in [-0.4, -0.2) is 23.4 Å². The van der Waals surface area contributed by atoms with Crippen LogP contribution in [-0.2, 0) is 13.6 Å². The van der Waals surface area contributed by atoms with E-state index in [1.165, 1.54) is 5.56 Å². The summed E-state index contributed by atoms with van der Waals surface area (Å²) >= 11 is 0. The molecule has 0 aliphatic carbocycles. The topological polar surface area (TPSA) is 57.8 Å². The molecule has 2 aromatic carbocycles. The maximum absolute atomic E-state index is 13.3. The van der Waals surface area contributed by atoms with Crippen molar-refractivity contribution in [3.63, 3.8) is 0 Å². The maximum Gasteiger partial charge on any atom is 0.329 e. The van der Waals surface area contributed by atoms with Gasteiger partial charge in [0.25, 0.3) is 0 Å². The van der Waals surface area contributed by atoms with E-state index in [-0.39, 0.29) is 24.0 Å². The van der Waals surface area contributed by atoms with Crippen molar-refractivity contribution in [2.24, 2.45) is 12.0 Å². The van der Waals surface area contributed by atoms with Gasteiger partial charge < -0.3 is 9.47 Å². The zero-order valence-corrected chi connectivity index (χ0v) is 20.5. The van der Waals surface area contributed by atoms with Crippen LogP contribution in [0.25, 0.3) is 11.3 Å². The molecule has 0 saturated carbocycles. The highest BCUT2D eigenvalue weighted by atomic mass is 35.5. The van der Waals surface area contributed by atoms with Gasteiger partial charge in [0.1, 0.15) is 5.49 Å². The summed E-state index contributed by atoms with van der Waals surface area (Å²) in [6.07, 6.45) is 0. The lowest BCUT2D eigenvalue weighted by Crippen LogP contribution is -2.41. The lowest BCUT2D eigenvalue weighted by Gasteiger charge is -2.28. The van der Waals surface area contributed by atoms with Crippen LogP contribution >= 0.6 is 12.4 Å². The third kappa shape index (κ3) is 3.84. The first-order valence-corrected chi connectivity index (χ1v) is 10.4. The molecule has 0 N–H and O–H groups in total. The van der Waals surface area contributed by atoms with E-state index in [9.17, 15) is 4.79 Å². The van der Waals surface area contributed by atoms with Gasteiger partial charge in [0.2, 0.25) is 0 Å². The van der Waals surface area contributed by atoms with E-state index >= 15 is 0 Å². The molecule has 3 aromatic rings. The smallest absolute Gasteiger partial charge is 0.329 e. The van der Waals surface area contributed by atoms with Gasteiger partial charge in [-0.2, -0.15) is 0 Å². The quantitative estimate of drug-likeness (QED) is 0.581. The van der Waals surface area contributed by atoms with Crippen LogP contribution in [0.3, 0.4) is 0 Å². The van der Waals surface area contributed by atoms with Crippen molar-refractivity contribution < 1.29 is 9.47 Å². The van der Waals surface area contributed by atoms with Crippen LogP contribution in [0.2, 0.25) is 0 Å². The van der Waals surface area contributed by atoms with E-state index in [0.29, 0.717) is 23.5 Å². The summed E-state index contributed by atoms with van der Waals surface area (Å²) in [7, 11) is 5.04. The van der Waals surface area contributed by atoms with Crippen molar-refractivity contribution in [2.75, 3.05) is 14.2 Å². The van der Waals surface area contributed by atoms with Gasteiger partial charge in [0.15, 0.2) is 11.5 Å². The minimum Gasteiger partial charge on any atom is -0.493 e. The Bertz CT molecular complexity index is 1300. The Morgan fingerprint density at radius 3 is 2.16 bits per heavy atom. The Balaban J connectivity index is 0.00000289. The molecule has 0 fully saturated rings. The van der Waals surface area contributed by atoms with Gasteiger partial charge in [-0.15, -0.1) is 12.4 Å². The number of hydrogen-bond donors (Lipinski definition) is 0. The summed E-state index contributed by atoms with van der Waals surface area (Å²) in [4.78, 5) is 18.2. The number of hydrogen-bond acceptors (Lipinski definition) is 4.